The average molecular weight is 182 g/mol. The first-order valence-electron chi connectivity index (χ1n) is 3.82. The SMILES string of the molecule is NC(F)(F)c1cccc2[nH]ccc12. The van der Waals surface area contributed by atoms with Gasteiger partial charge in [-0.3, -0.25) is 5.73 Å². The number of rotatable bonds is 1. The molecule has 13 heavy (non-hydrogen) atoms. The molecule has 68 valence electrons. The van der Waals surface area contributed by atoms with Crippen molar-refractivity contribution in [1.29, 1.82) is 0 Å². The molecule has 2 nitrogen and oxygen atoms in total. The summed E-state index contributed by atoms with van der Waals surface area (Å²) in [5, 5.41) is 0.468. The lowest BCUT2D eigenvalue weighted by molar-refractivity contribution is 0.00459. The van der Waals surface area contributed by atoms with Crippen LogP contribution in [0, 0.1) is 0 Å². The Morgan fingerprint density at radius 2 is 2.00 bits per heavy atom. The third-order valence-electron chi connectivity index (χ3n) is 1.95. The van der Waals surface area contributed by atoms with Gasteiger partial charge in [-0.05, 0) is 12.1 Å². The molecule has 0 aliphatic rings. The molecule has 0 aliphatic heterocycles. The fourth-order valence-electron chi connectivity index (χ4n) is 1.38. The number of H-pyrrole nitrogens is 1. The number of hydrogen-bond acceptors (Lipinski definition) is 1. The molecule has 2 aromatic rings. The molecule has 0 unspecified atom stereocenters. The maximum atomic E-state index is 12.8. The zero-order valence-electron chi connectivity index (χ0n) is 6.72. The number of alkyl halides is 2. The molecular weight excluding hydrogens is 174 g/mol. The van der Waals surface area contributed by atoms with E-state index >= 15 is 0 Å². The summed E-state index contributed by atoms with van der Waals surface area (Å²) in [5.74, 6) is 0. The lowest BCUT2D eigenvalue weighted by Gasteiger charge is -2.10. The van der Waals surface area contributed by atoms with Crippen molar-refractivity contribution < 1.29 is 8.78 Å². The maximum Gasteiger partial charge on any atom is 0.327 e. The Bertz CT molecular complexity index is 428. The van der Waals surface area contributed by atoms with Gasteiger partial charge >= 0.3 is 6.05 Å². The maximum absolute atomic E-state index is 12.8. The highest BCUT2D eigenvalue weighted by Crippen LogP contribution is 2.28. The van der Waals surface area contributed by atoms with Crippen LogP contribution in [0.2, 0.25) is 0 Å². The molecule has 1 heterocycles. The monoisotopic (exact) mass is 182 g/mol. The zero-order chi connectivity index (χ0) is 9.47. The standard InChI is InChI=1S/C9H8F2N2/c10-9(11,12)7-2-1-3-8-6(7)4-5-13-8/h1-5,13H,12H2. The molecule has 1 aromatic heterocycles. The van der Waals surface area contributed by atoms with Gasteiger partial charge in [-0.15, -0.1) is 0 Å². The summed E-state index contributed by atoms with van der Waals surface area (Å²) in [4.78, 5) is 2.84. The molecule has 0 radical (unpaired) electrons. The van der Waals surface area contributed by atoms with Gasteiger partial charge in [-0.2, -0.15) is 8.78 Å². The van der Waals surface area contributed by atoms with E-state index in [0.717, 1.165) is 0 Å². The van der Waals surface area contributed by atoms with E-state index in [9.17, 15) is 8.78 Å². The predicted molar refractivity (Wildman–Crippen MR) is 46.4 cm³/mol. The first-order chi connectivity index (χ1) is 6.09. The fourth-order valence-corrected chi connectivity index (χ4v) is 1.38. The molecule has 1 aromatic carbocycles. The van der Waals surface area contributed by atoms with Crippen LogP contribution in [0.1, 0.15) is 5.56 Å². The lowest BCUT2D eigenvalue weighted by atomic mass is 10.1. The summed E-state index contributed by atoms with van der Waals surface area (Å²) in [6.45, 7) is 0. The predicted octanol–water partition coefficient (Wildman–Crippen LogP) is 2.18. The third kappa shape index (κ3) is 1.29. The van der Waals surface area contributed by atoms with Gasteiger partial charge < -0.3 is 4.98 Å². The van der Waals surface area contributed by atoms with Crippen molar-refractivity contribution >= 4 is 10.9 Å². The Morgan fingerprint density at radius 1 is 1.23 bits per heavy atom. The summed E-state index contributed by atoms with van der Waals surface area (Å²) in [7, 11) is 0. The quantitative estimate of drug-likeness (QED) is 0.652. The van der Waals surface area contributed by atoms with Gasteiger partial charge in [0.05, 0.1) is 0 Å². The first kappa shape index (κ1) is 8.19. The van der Waals surface area contributed by atoms with Gasteiger partial charge in [0.15, 0.2) is 0 Å². The highest BCUT2D eigenvalue weighted by molar-refractivity contribution is 5.83. The van der Waals surface area contributed by atoms with Crippen LogP contribution in [-0.4, -0.2) is 4.98 Å². The Hall–Kier alpha value is -1.42. The van der Waals surface area contributed by atoms with Crippen LogP contribution in [0.4, 0.5) is 8.78 Å². The molecule has 0 aliphatic carbocycles. The number of benzene rings is 1. The van der Waals surface area contributed by atoms with E-state index in [-0.39, 0.29) is 5.56 Å². The number of aromatic nitrogens is 1. The number of aromatic amines is 1. The molecule has 0 fully saturated rings. The molecule has 4 heteroatoms. The molecule has 0 saturated heterocycles. The number of nitrogens with one attached hydrogen (secondary N) is 1. The van der Waals surface area contributed by atoms with Crippen molar-refractivity contribution in [3.05, 3.63) is 36.0 Å². The van der Waals surface area contributed by atoms with E-state index in [4.69, 9.17) is 5.73 Å². The van der Waals surface area contributed by atoms with E-state index in [0.29, 0.717) is 10.9 Å². The summed E-state index contributed by atoms with van der Waals surface area (Å²) < 4.78 is 25.7. The van der Waals surface area contributed by atoms with Crippen molar-refractivity contribution in [2.75, 3.05) is 0 Å². The minimum Gasteiger partial charge on any atom is -0.361 e. The number of fused-ring (bicyclic) bond motifs is 1. The molecule has 3 N–H and O–H groups in total. The summed E-state index contributed by atoms with van der Waals surface area (Å²) in [6.07, 6.45) is 1.61. The summed E-state index contributed by atoms with van der Waals surface area (Å²) >= 11 is 0. The van der Waals surface area contributed by atoms with Gasteiger partial charge in [0.2, 0.25) is 0 Å². The van der Waals surface area contributed by atoms with Crippen molar-refractivity contribution in [3.8, 4) is 0 Å². The van der Waals surface area contributed by atoms with Gasteiger partial charge in [0.1, 0.15) is 0 Å². The van der Waals surface area contributed by atoms with Crippen molar-refractivity contribution in [2.24, 2.45) is 5.73 Å². The van der Waals surface area contributed by atoms with E-state index in [1.807, 2.05) is 0 Å². The molecular formula is C9H8F2N2. The van der Waals surface area contributed by atoms with Crippen molar-refractivity contribution in [1.82, 2.24) is 4.98 Å². The van der Waals surface area contributed by atoms with Crippen LogP contribution in [0.5, 0.6) is 0 Å². The molecule has 0 atom stereocenters. The van der Waals surface area contributed by atoms with E-state index in [2.05, 4.69) is 4.98 Å². The third-order valence-corrected chi connectivity index (χ3v) is 1.95. The van der Waals surface area contributed by atoms with Crippen LogP contribution in [0.3, 0.4) is 0 Å². The van der Waals surface area contributed by atoms with Crippen LogP contribution in [-0.2, 0) is 6.05 Å². The number of halogens is 2. The number of hydrogen-bond donors (Lipinski definition) is 2. The lowest BCUT2D eigenvalue weighted by Crippen LogP contribution is -2.25. The fraction of sp³-hybridized carbons (Fsp3) is 0.111. The largest absolute Gasteiger partial charge is 0.361 e. The van der Waals surface area contributed by atoms with Gasteiger partial charge in [0.25, 0.3) is 0 Å². The van der Waals surface area contributed by atoms with Gasteiger partial charge in [-0.25, -0.2) is 0 Å². The average Bonchev–Trinajstić information content (AvgIpc) is 2.48. The summed E-state index contributed by atoms with van der Waals surface area (Å²) in [5.41, 5.74) is 5.26. The second kappa shape index (κ2) is 2.53. The minimum atomic E-state index is -3.28. The Balaban J connectivity index is 2.75. The second-order valence-corrected chi connectivity index (χ2v) is 2.87. The van der Waals surface area contributed by atoms with Crippen molar-refractivity contribution in [3.63, 3.8) is 0 Å². The Labute approximate surface area is 73.4 Å². The molecule has 0 amide bonds. The normalized spacial score (nSPS) is 12.2. The number of nitrogens with two attached hydrogens (primary N) is 1. The van der Waals surface area contributed by atoms with E-state index in [1.165, 1.54) is 6.07 Å². The highest BCUT2D eigenvalue weighted by atomic mass is 19.3. The van der Waals surface area contributed by atoms with Gasteiger partial charge in [0, 0.05) is 22.7 Å². The Kier molecular flexibility index (Phi) is 1.60. The van der Waals surface area contributed by atoms with Crippen LogP contribution < -0.4 is 5.73 Å². The zero-order valence-corrected chi connectivity index (χ0v) is 6.72. The minimum absolute atomic E-state index is 0.147. The second-order valence-electron chi connectivity index (χ2n) is 2.87. The van der Waals surface area contributed by atoms with Crippen LogP contribution >= 0.6 is 0 Å². The molecule has 0 saturated carbocycles. The smallest absolute Gasteiger partial charge is 0.327 e. The van der Waals surface area contributed by atoms with Crippen LogP contribution in [0.25, 0.3) is 10.9 Å². The van der Waals surface area contributed by atoms with E-state index < -0.39 is 6.05 Å². The van der Waals surface area contributed by atoms with Gasteiger partial charge in [-0.1, -0.05) is 12.1 Å². The highest BCUT2D eigenvalue weighted by Gasteiger charge is 2.27. The van der Waals surface area contributed by atoms with Crippen molar-refractivity contribution in [2.45, 2.75) is 6.05 Å². The van der Waals surface area contributed by atoms with Crippen LogP contribution in [0.15, 0.2) is 30.5 Å². The summed E-state index contributed by atoms with van der Waals surface area (Å²) in [6, 6.07) is 2.92. The molecule has 0 bridgehead atoms. The first-order valence-corrected chi connectivity index (χ1v) is 3.82. The van der Waals surface area contributed by atoms with E-state index in [1.54, 1.807) is 24.4 Å². The topological polar surface area (TPSA) is 41.8 Å². The molecule has 2 rings (SSSR count). The Morgan fingerprint density at radius 3 is 2.69 bits per heavy atom. The molecule has 0 spiro atoms.